The molecule has 0 unspecified atom stereocenters. The van der Waals surface area contributed by atoms with Gasteiger partial charge in [0, 0.05) is 18.7 Å². The molecule has 3 nitrogen and oxygen atoms in total. The molecule has 1 aliphatic rings. The molecule has 5 heteroatoms. The zero-order valence-electron chi connectivity index (χ0n) is 11.1. The molecule has 0 spiro atoms. The first-order valence-electron chi connectivity index (χ1n) is 6.47. The van der Waals surface area contributed by atoms with E-state index in [0.29, 0.717) is 5.92 Å². The van der Waals surface area contributed by atoms with E-state index in [9.17, 15) is 0 Å². The van der Waals surface area contributed by atoms with Crippen molar-refractivity contribution in [1.82, 2.24) is 9.55 Å². The Kier molecular flexibility index (Phi) is 5.50. The van der Waals surface area contributed by atoms with Crippen LogP contribution >= 0.6 is 0 Å². The number of nitrogens with two attached hydrogens (primary N) is 1. The monoisotopic (exact) mass is 299 g/mol. The highest BCUT2D eigenvalue weighted by Crippen LogP contribution is 2.33. The molecule has 2 aromatic rings. The molecule has 1 heterocycles. The van der Waals surface area contributed by atoms with E-state index in [1.807, 2.05) is 12.1 Å². The van der Waals surface area contributed by atoms with Crippen LogP contribution in [0.25, 0.3) is 11.0 Å². The maximum Gasteiger partial charge on any atom is 0.112 e. The molecule has 0 aliphatic heterocycles. The number of fused-ring (bicyclic) bond motifs is 1. The summed E-state index contributed by atoms with van der Waals surface area (Å²) < 4.78 is 2.24. The molecule has 19 heavy (non-hydrogen) atoms. The van der Waals surface area contributed by atoms with Crippen molar-refractivity contribution in [1.29, 1.82) is 0 Å². The zero-order valence-corrected chi connectivity index (χ0v) is 12.6. The van der Waals surface area contributed by atoms with E-state index >= 15 is 0 Å². The van der Waals surface area contributed by atoms with Crippen LogP contribution in [0.1, 0.15) is 43.8 Å². The summed E-state index contributed by atoms with van der Waals surface area (Å²) in [4.78, 5) is 4.78. The molecule has 1 aliphatic carbocycles. The Morgan fingerprint density at radius 1 is 1.16 bits per heavy atom. The Bertz CT molecular complexity index is 545. The molecule has 0 saturated heterocycles. The molecule has 0 amide bonds. The molecular formula is C14H19Cl2N3-2. The van der Waals surface area contributed by atoms with Crippen molar-refractivity contribution in [3.05, 3.63) is 24.0 Å². The van der Waals surface area contributed by atoms with Gasteiger partial charge in [0.25, 0.3) is 0 Å². The summed E-state index contributed by atoms with van der Waals surface area (Å²) >= 11 is 0. The topological polar surface area (TPSA) is 43.8 Å². The highest BCUT2D eigenvalue weighted by Gasteiger charge is 2.20. The number of nitrogens with zero attached hydrogens (tertiary/aromatic N) is 2. The maximum absolute atomic E-state index is 5.81. The molecule has 1 aromatic carbocycles. The number of aromatic nitrogens is 2. The molecular weight excluding hydrogens is 281 g/mol. The number of benzene rings is 1. The summed E-state index contributed by atoms with van der Waals surface area (Å²) in [5.41, 5.74) is 8.84. The van der Waals surface area contributed by atoms with E-state index in [1.54, 1.807) is 0 Å². The number of halogens is 2. The van der Waals surface area contributed by atoms with E-state index in [2.05, 4.69) is 17.7 Å². The summed E-state index contributed by atoms with van der Waals surface area (Å²) in [7, 11) is 2.12. The van der Waals surface area contributed by atoms with Crippen molar-refractivity contribution in [2.45, 2.75) is 38.0 Å². The van der Waals surface area contributed by atoms with Crippen LogP contribution in [0.2, 0.25) is 0 Å². The van der Waals surface area contributed by atoms with E-state index in [-0.39, 0.29) is 24.8 Å². The van der Waals surface area contributed by atoms with Gasteiger partial charge in [-0.2, -0.15) is 0 Å². The van der Waals surface area contributed by atoms with Crippen LogP contribution in [-0.2, 0) is 7.05 Å². The first kappa shape index (κ1) is 16.1. The lowest BCUT2D eigenvalue weighted by atomic mass is 9.89. The number of hydrogen-bond acceptors (Lipinski definition) is 2. The van der Waals surface area contributed by atoms with Gasteiger partial charge in [-0.15, -0.1) is 0 Å². The Morgan fingerprint density at radius 3 is 2.53 bits per heavy atom. The van der Waals surface area contributed by atoms with Gasteiger partial charge in [-0.05, 0) is 31.0 Å². The largest absolute Gasteiger partial charge is 1.00 e. The fourth-order valence-electron chi connectivity index (χ4n) is 2.96. The molecule has 0 atom stereocenters. The van der Waals surface area contributed by atoms with Gasteiger partial charge in [0.2, 0.25) is 0 Å². The fraction of sp³-hybridized carbons (Fsp3) is 0.500. The number of anilines is 1. The Hall–Kier alpha value is -0.930. The van der Waals surface area contributed by atoms with E-state index in [0.717, 1.165) is 11.2 Å². The van der Waals surface area contributed by atoms with Crippen molar-refractivity contribution < 1.29 is 24.8 Å². The van der Waals surface area contributed by atoms with Crippen LogP contribution in [0.5, 0.6) is 0 Å². The Morgan fingerprint density at radius 2 is 1.84 bits per heavy atom. The average Bonchev–Trinajstić information content (AvgIpc) is 2.67. The first-order chi connectivity index (χ1) is 8.25. The van der Waals surface area contributed by atoms with Gasteiger partial charge in [0.15, 0.2) is 0 Å². The van der Waals surface area contributed by atoms with E-state index in [4.69, 9.17) is 10.7 Å². The maximum atomic E-state index is 5.81. The van der Waals surface area contributed by atoms with E-state index < -0.39 is 0 Å². The van der Waals surface area contributed by atoms with Crippen LogP contribution in [0.3, 0.4) is 0 Å². The van der Waals surface area contributed by atoms with Crippen LogP contribution in [0, 0.1) is 0 Å². The van der Waals surface area contributed by atoms with E-state index in [1.165, 1.54) is 43.4 Å². The molecule has 106 valence electrons. The smallest absolute Gasteiger partial charge is 0.112 e. The lowest BCUT2D eigenvalue weighted by Crippen LogP contribution is -3.00. The number of rotatable bonds is 1. The van der Waals surface area contributed by atoms with Crippen molar-refractivity contribution in [3.63, 3.8) is 0 Å². The van der Waals surface area contributed by atoms with Crippen molar-refractivity contribution in [3.8, 4) is 0 Å². The third kappa shape index (κ3) is 2.98. The normalized spacial score (nSPS) is 15.8. The van der Waals surface area contributed by atoms with Crippen LogP contribution < -0.4 is 30.5 Å². The van der Waals surface area contributed by atoms with Gasteiger partial charge in [0.05, 0.1) is 11.0 Å². The fourth-order valence-corrected chi connectivity index (χ4v) is 2.96. The molecule has 1 saturated carbocycles. The molecule has 1 aromatic heterocycles. The minimum atomic E-state index is 0. The number of nitrogen functional groups attached to an aromatic ring is 1. The summed E-state index contributed by atoms with van der Waals surface area (Å²) in [5, 5.41) is 0. The lowest BCUT2D eigenvalue weighted by molar-refractivity contribution is -0.001000. The second-order valence-electron chi connectivity index (χ2n) is 5.11. The minimum absolute atomic E-state index is 0. The van der Waals surface area contributed by atoms with Gasteiger partial charge >= 0.3 is 0 Å². The number of hydrogen-bond donors (Lipinski definition) is 1. The third-order valence-electron chi connectivity index (χ3n) is 3.91. The standard InChI is InChI=1S/C14H19N3.2ClH/c1-17-13-8-7-11(15)9-12(13)16-14(17)10-5-3-2-4-6-10;;/h7-10H,2-6,15H2,1H3;2*1H/p-2. The summed E-state index contributed by atoms with van der Waals surface area (Å²) in [5.74, 6) is 1.88. The third-order valence-corrected chi connectivity index (χ3v) is 3.91. The SMILES string of the molecule is Cn1c(C2CCCCC2)nc2cc(N)ccc21.[Cl-].[Cl-]. The predicted molar refractivity (Wildman–Crippen MR) is 71.0 cm³/mol. The summed E-state index contributed by atoms with van der Waals surface area (Å²) in [6.45, 7) is 0. The van der Waals surface area contributed by atoms with Crippen LogP contribution in [-0.4, -0.2) is 9.55 Å². The van der Waals surface area contributed by atoms with Crippen molar-refractivity contribution >= 4 is 16.7 Å². The molecule has 2 N–H and O–H groups in total. The Balaban J connectivity index is 0.000000902. The molecule has 0 radical (unpaired) electrons. The molecule has 3 rings (SSSR count). The second kappa shape index (κ2) is 6.49. The number of imidazole rings is 1. The van der Waals surface area contributed by atoms with Crippen LogP contribution in [0.15, 0.2) is 18.2 Å². The van der Waals surface area contributed by atoms with Gasteiger partial charge < -0.3 is 35.1 Å². The average molecular weight is 300 g/mol. The van der Waals surface area contributed by atoms with Gasteiger partial charge in [-0.3, -0.25) is 0 Å². The predicted octanol–water partition coefficient (Wildman–Crippen LogP) is -2.79. The Labute approximate surface area is 126 Å². The highest BCUT2D eigenvalue weighted by molar-refractivity contribution is 5.79. The minimum Gasteiger partial charge on any atom is -1.00 e. The number of aryl methyl sites for hydroxylation is 1. The highest BCUT2D eigenvalue weighted by atomic mass is 35.5. The van der Waals surface area contributed by atoms with Gasteiger partial charge in [0.1, 0.15) is 5.82 Å². The summed E-state index contributed by atoms with van der Waals surface area (Å²) in [6.07, 6.45) is 6.64. The van der Waals surface area contributed by atoms with Crippen LogP contribution in [0.4, 0.5) is 5.69 Å². The quantitative estimate of drug-likeness (QED) is 0.579. The summed E-state index contributed by atoms with van der Waals surface area (Å²) in [6, 6.07) is 6.00. The van der Waals surface area contributed by atoms with Crippen molar-refractivity contribution in [2.75, 3.05) is 5.73 Å². The van der Waals surface area contributed by atoms with Gasteiger partial charge in [-0.25, -0.2) is 4.98 Å². The second-order valence-corrected chi connectivity index (χ2v) is 5.11. The lowest BCUT2D eigenvalue weighted by Gasteiger charge is -2.20. The zero-order chi connectivity index (χ0) is 11.8. The van der Waals surface area contributed by atoms with Gasteiger partial charge in [-0.1, -0.05) is 19.3 Å². The first-order valence-corrected chi connectivity index (χ1v) is 6.47. The van der Waals surface area contributed by atoms with Crippen molar-refractivity contribution in [2.24, 2.45) is 7.05 Å². The molecule has 1 fully saturated rings. The molecule has 0 bridgehead atoms.